The first kappa shape index (κ1) is 11.1. The van der Waals surface area contributed by atoms with Crippen molar-refractivity contribution in [3.8, 4) is 5.75 Å². The number of ether oxygens (including phenoxy) is 2. The van der Waals surface area contributed by atoms with Gasteiger partial charge in [0.05, 0.1) is 22.8 Å². The molecule has 4 heteroatoms. The summed E-state index contributed by atoms with van der Waals surface area (Å²) in [4.78, 5) is 0. The summed E-state index contributed by atoms with van der Waals surface area (Å²) in [5.74, 6) is 0.587. The van der Waals surface area contributed by atoms with Gasteiger partial charge < -0.3 is 9.47 Å². The van der Waals surface area contributed by atoms with Crippen LogP contribution in [0.25, 0.3) is 0 Å². The van der Waals surface area contributed by atoms with E-state index in [-0.39, 0.29) is 11.7 Å². The molecule has 0 N–H and O–H groups in total. The van der Waals surface area contributed by atoms with Crippen LogP contribution in [0, 0.1) is 0 Å². The van der Waals surface area contributed by atoms with Crippen molar-refractivity contribution in [3.63, 3.8) is 0 Å². The third-order valence-corrected chi connectivity index (χ3v) is 3.17. The summed E-state index contributed by atoms with van der Waals surface area (Å²) in [5.41, 5.74) is 0.786. The standard InChI is InChI=1S/C11H12Cl2O2/c1-11(2)10(15-11)6-4-8(13)9(14-3)5-7(6)12/h4-5,10H,1-3H3. The Balaban J connectivity index is 2.38. The first-order chi connectivity index (χ1) is 6.95. The predicted octanol–water partition coefficient (Wildman–Crippen LogP) is 3.85. The van der Waals surface area contributed by atoms with E-state index in [1.165, 1.54) is 0 Å². The molecule has 1 fully saturated rings. The van der Waals surface area contributed by atoms with Gasteiger partial charge in [-0.1, -0.05) is 23.2 Å². The Hall–Kier alpha value is -0.440. The first-order valence-corrected chi connectivity index (χ1v) is 5.42. The lowest BCUT2D eigenvalue weighted by Crippen LogP contribution is -1.98. The molecule has 1 aliphatic heterocycles. The van der Waals surface area contributed by atoms with E-state index >= 15 is 0 Å². The predicted molar refractivity (Wildman–Crippen MR) is 60.9 cm³/mol. The highest BCUT2D eigenvalue weighted by molar-refractivity contribution is 6.34. The Morgan fingerprint density at radius 2 is 1.87 bits per heavy atom. The summed E-state index contributed by atoms with van der Waals surface area (Å²) in [5, 5.41) is 1.19. The van der Waals surface area contributed by atoms with Crippen LogP contribution in [-0.4, -0.2) is 12.7 Å². The summed E-state index contributed by atoms with van der Waals surface area (Å²) in [7, 11) is 1.56. The van der Waals surface area contributed by atoms with Gasteiger partial charge in [-0.2, -0.15) is 0 Å². The Morgan fingerprint density at radius 1 is 1.27 bits per heavy atom. The van der Waals surface area contributed by atoms with Gasteiger partial charge in [-0.25, -0.2) is 0 Å². The fourth-order valence-electron chi connectivity index (χ4n) is 1.61. The van der Waals surface area contributed by atoms with E-state index < -0.39 is 0 Å². The van der Waals surface area contributed by atoms with Gasteiger partial charge in [0.15, 0.2) is 0 Å². The van der Waals surface area contributed by atoms with Crippen molar-refractivity contribution in [2.75, 3.05) is 7.11 Å². The molecule has 1 aromatic carbocycles. The third-order valence-electron chi connectivity index (χ3n) is 2.55. The lowest BCUT2D eigenvalue weighted by molar-refractivity contribution is 0.325. The van der Waals surface area contributed by atoms with E-state index in [0.29, 0.717) is 15.8 Å². The maximum Gasteiger partial charge on any atom is 0.138 e. The maximum absolute atomic E-state index is 6.12. The van der Waals surface area contributed by atoms with Crippen LogP contribution in [0.5, 0.6) is 5.75 Å². The van der Waals surface area contributed by atoms with Crippen molar-refractivity contribution >= 4 is 23.2 Å². The van der Waals surface area contributed by atoms with Crippen LogP contribution in [-0.2, 0) is 4.74 Å². The van der Waals surface area contributed by atoms with E-state index in [2.05, 4.69) is 0 Å². The van der Waals surface area contributed by atoms with Gasteiger partial charge >= 0.3 is 0 Å². The van der Waals surface area contributed by atoms with Gasteiger partial charge in [-0.15, -0.1) is 0 Å². The van der Waals surface area contributed by atoms with Crippen LogP contribution in [0.4, 0.5) is 0 Å². The maximum atomic E-state index is 6.12. The molecule has 2 nitrogen and oxygen atoms in total. The summed E-state index contributed by atoms with van der Waals surface area (Å²) in [6.45, 7) is 4.04. The molecule has 82 valence electrons. The molecule has 0 bridgehead atoms. The van der Waals surface area contributed by atoms with E-state index in [1.54, 1.807) is 13.2 Å². The fourth-order valence-corrected chi connectivity index (χ4v) is 2.11. The van der Waals surface area contributed by atoms with Crippen molar-refractivity contribution in [2.45, 2.75) is 25.6 Å². The topological polar surface area (TPSA) is 21.8 Å². The van der Waals surface area contributed by atoms with Crippen LogP contribution < -0.4 is 4.74 Å². The molecular weight excluding hydrogens is 235 g/mol. The van der Waals surface area contributed by atoms with Crippen molar-refractivity contribution in [3.05, 3.63) is 27.7 Å². The zero-order valence-corrected chi connectivity index (χ0v) is 10.3. The molecule has 1 atom stereocenters. The van der Waals surface area contributed by atoms with Gasteiger partial charge in [0.25, 0.3) is 0 Å². The fraction of sp³-hybridized carbons (Fsp3) is 0.455. The average molecular weight is 247 g/mol. The highest BCUT2D eigenvalue weighted by atomic mass is 35.5. The van der Waals surface area contributed by atoms with Gasteiger partial charge in [-0.3, -0.25) is 0 Å². The number of halogens is 2. The lowest BCUT2D eigenvalue weighted by Gasteiger charge is -2.07. The van der Waals surface area contributed by atoms with Crippen molar-refractivity contribution in [1.82, 2.24) is 0 Å². The second kappa shape index (κ2) is 3.55. The zero-order chi connectivity index (χ0) is 11.2. The molecular formula is C11H12Cl2O2. The molecule has 0 saturated carbocycles. The lowest BCUT2D eigenvalue weighted by atomic mass is 10.0. The summed E-state index contributed by atoms with van der Waals surface area (Å²) >= 11 is 12.2. The van der Waals surface area contributed by atoms with Crippen LogP contribution in [0.15, 0.2) is 12.1 Å². The highest BCUT2D eigenvalue weighted by Gasteiger charge is 2.49. The van der Waals surface area contributed by atoms with Crippen molar-refractivity contribution in [1.29, 1.82) is 0 Å². The number of hydrogen-bond donors (Lipinski definition) is 0. The monoisotopic (exact) mass is 246 g/mol. The third kappa shape index (κ3) is 1.94. The van der Waals surface area contributed by atoms with Gasteiger partial charge in [0.2, 0.25) is 0 Å². The molecule has 1 aliphatic rings. The Kier molecular flexibility index (Phi) is 2.61. The van der Waals surface area contributed by atoms with Crippen LogP contribution in [0.1, 0.15) is 25.5 Å². The van der Waals surface area contributed by atoms with Gasteiger partial charge in [-0.05, 0) is 19.9 Å². The van der Waals surface area contributed by atoms with E-state index in [0.717, 1.165) is 5.56 Å². The van der Waals surface area contributed by atoms with Crippen LogP contribution >= 0.6 is 23.2 Å². The van der Waals surface area contributed by atoms with Crippen LogP contribution in [0.3, 0.4) is 0 Å². The summed E-state index contributed by atoms with van der Waals surface area (Å²) in [6.07, 6.45) is 0.0356. The molecule has 0 radical (unpaired) electrons. The molecule has 1 heterocycles. The van der Waals surface area contributed by atoms with Gasteiger partial charge in [0, 0.05) is 11.6 Å². The summed E-state index contributed by atoms with van der Waals surface area (Å²) < 4.78 is 10.6. The van der Waals surface area contributed by atoms with Crippen molar-refractivity contribution < 1.29 is 9.47 Å². The molecule has 1 saturated heterocycles. The largest absolute Gasteiger partial charge is 0.495 e. The van der Waals surface area contributed by atoms with E-state index in [1.807, 2.05) is 19.9 Å². The molecule has 0 aliphatic carbocycles. The highest BCUT2D eigenvalue weighted by Crippen LogP contribution is 2.52. The van der Waals surface area contributed by atoms with E-state index in [4.69, 9.17) is 32.7 Å². The second-order valence-corrected chi connectivity index (χ2v) is 4.92. The molecule has 0 amide bonds. The average Bonchev–Trinajstić information content (AvgIpc) is 2.78. The second-order valence-electron chi connectivity index (χ2n) is 4.11. The van der Waals surface area contributed by atoms with Crippen molar-refractivity contribution in [2.24, 2.45) is 0 Å². The Labute approximate surface area is 99.1 Å². The quantitative estimate of drug-likeness (QED) is 0.740. The SMILES string of the molecule is COc1cc(Cl)c(C2OC2(C)C)cc1Cl. The molecule has 0 aromatic heterocycles. The molecule has 1 unspecified atom stereocenters. The minimum absolute atomic E-state index is 0.0356. The molecule has 15 heavy (non-hydrogen) atoms. The minimum atomic E-state index is -0.137. The minimum Gasteiger partial charge on any atom is -0.495 e. The number of hydrogen-bond acceptors (Lipinski definition) is 2. The normalized spacial score (nSPS) is 22.6. The molecule has 2 rings (SSSR count). The number of epoxide rings is 1. The van der Waals surface area contributed by atoms with Gasteiger partial charge in [0.1, 0.15) is 11.9 Å². The smallest absolute Gasteiger partial charge is 0.138 e. The number of rotatable bonds is 2. The number of methoxy groups -OCH3 is 1. The Morgan fingerprint density at radius 3 is 2.33 bits per heavy atom. The molecule has 1 aromatic rings. The molecule has 0 spiro atoms. The van der Waals surface area contributed by atoms with E-state index in [9.17, 15) is 0 Å². The number of benzene rings is 1. The summed E-state index contributed by atoms with van der Waals surface area (Å²) in [6, 6.07) is 3.53. The first-order valence-electron chi connectivity index (χ1n) is 4.66. The zero-order valence-electron chi connectivity index (χ0n) is 8.80. The van der Waals surface area contributed by atoms with Crippen LogP contribution in [0.2, 0.25) is 10.0 Å². The Bertz CT molecular complexity index is 402.